The van der Waals surface area contributed by atoms with E-state index in [0.717, 1.165) is 5.56 Å². The van der Waals surface area contributed by atoms with Crippen LogP contribution in [0.5, 0.6) is 0 Å². The van der Waals surface area contributed by atoms with E-state index in [1.807, 2.05) is 30.3 Å². The number of phosphoric ester groups is 1. The summed E-state index contributed by atoms with van der Waals surface area (Å²) in [5.41, 5.74) is 0.919. The van der Waals surface area contributed by atoms with Gasteiger partial charge in [-0.25, -0.2) is 0 Å². The van der Waals surface area contributed by atoms with Gasteiger partial charge in [0, 0.05) is 0 Å². The van der Waals surface area contributed by atoms with Crippen LogP contribution in [0.2, 0.25) is 0 Å². The molecule has 15 heavy (non-hydrogen) atoms. The maximum atomic E-state index is 10.1. The minimum Gasteiger partial charge on any atom is -0.790 e. The van der Waals surface area contributed by atoms with E-state index in [1.165, 1.54) is 6.08 Å². The molecule has 6 heteroatoms. The van der Waals surface area contributed by atoms with E-state index in [4.69, 9.17) is 0 Å². The maximum absolute atomic E-state index is 10.1. The molecule has 0 saturated carbocycles. The first kappa shape index (κ1) is 14.7. The second-order valence-corrected chi connectivity index (χ2v) is 3.71. The Balaban J connectivity index is 0.00000196. The van der Waals surface area contributed by atoms with E-state index < -0.39 is 7.82 Å². The van der Waals surface area contributed by atoms with Gasteiger partial charge in [0.1, 0.15) is 0 Å². The summed E-state index contributed by atoms with van der Waals surface area (Å²) in [6, 6.07) is 9.28. The molecule has 4 nitrogen and oxygen atoms in total. The summed E-state index contributed by atoms with van der Waals surface area (Å²) in [7, 11) is -4.84. The fourth-order valence-electron chi connectivity index (χ4n) is 0.883. The summed E-state index contributed by atoms with van der Waals surface area (Å²) in [6.45, 7) is -0.223. The Labute approximate surface area is 101 Å². The van der Waals surface area contributed by atoms with Gasteiger partial charge < -0.3 is 18.9 Å². The van der Waals surface area contributed by atoms with Crippen molar-refractivity contribution >= 4 is 13.9 Å². The average molecular weight is 278 g/mol. The van der Waals surface area contributed by atoms with Crippen LogP contribution in [-0.2, 0) is 28.6 Å². The van der Waals surface area contributed by atoms with Gasteiger partial charge in [0.05, 0.1) is 14.4 Å². The van der Waals surface area contributed by atoms with Gasteiger partial charge in [0.15, 0.2) is 0 Å². The van der Waals surface area contributed by atoms with Crippen LogP contribution < -0.4 is 9.79 Å². The molecule has 0 bridgehead atoms. The van der Waals surface area contributed by atoms with Gasteiger partial charge in [-0.15, -0.1) is 0 Å². The van der Waals surface area contributed by atoms with Gasteiger partial charge >= 0.3 is 19.5 Å². The minimum absolute atomic E-state index is 0. The molecule has 0 saturated heterocycles. The summed E-state index contributed by atoms with van der Waals surface area (Å²) in [5, 5.41) is 0. The van der Waals surface area contributed by atoms with Crippen LogP contribution in [0.15, 0.2) is 36.4 Å². The van der Waals surface area contributed by atoms with Gasteiger partial charge in [-0.05, 0) is 5.56 Å². The van der Waals surface area contributed by atoms with Crippen molar-refractivity contribution in [2.45, 2.75) is 0 Å². The second-order valence-electron chi connectivity index (χ2n) is 2.56. The summed E-state index contributed by atoms with van der Waals surface area (Å²) in [4.78, 5) is 20.1. The zero-order chi connectivity index (χ0) is 10.4. The Morgan fingerprint density at radius 3 is 2.40 bits per heavy atom. The largest absolute Gasteiger partial charge is 2.00 e. The van der Waals surface area contributed by atoms with E-state index >= 15 is 0 Å². The molecule has 76 valence electrons. The van der Waals surface area contributed by atoms with Crippen LogP contribution in [-0.4, -0.2) is 6.61 Å². The second kappa shape index (κ2) is 7.05. The van der Waals surface area contributed by atoms with Crippen molar-refractivity contribution in [1.82, 2.24) is 0 Å². The molecule has 0 amide bonds. The van der Waals surface area contributed by atoms with Crippen molar-refractivity contribution < 1.29 is 38.4 Å². The number of hydrogen-bond acceptors (Lipinski definition) is 4. The first-order valence-corrected chi connectivity index (χ1v) is 5.42. The van der Waals surface area contributed by atoms with Gasteiger partial charge in [-0.3, -0.25) is 0 Å². The SMILES string of the molecule is O=P([O-])([O-])OCC=Cc1ccccc1.[Zn+2]. The normalized spacial score (nSPS) is 11.3. The minimum atomic E-state index is -4.84. The molecular weight excluding hydrogens is 268 g/mol. The molecule has 0 aromatic heterocycles. The Hall–Kier alpha value is -0.307. The molecule has 0 radical (unpaired) electrons. The number of hydrogen-bond donors (Lipinski definition) is 0. The molecule has 0 atom stereocenters. The Bertz CT molecular complexity index is 346. The molecule has 0 unspecified atom stereocenters. The molecular formula is C9H9O4PZn. The van der Waals surface area contributed by atoms with Crippen LogP contribution in [0, 0.1) is 0 Å². The molecule has 0 N–H and O–H groups in total. The smallest absolute Gasteiger partial charge is 0.790 e. The number of phosphoric acid groups is 1. The third-order valence-electron chi connectivity index (χ3n) is 1.44. The monoisotopic (exact) mass is 276 g/mol. The van der Waals surface area contributed by atoms with Crippen molar-refractivity contribution in [2.75, 3.05) is 6.61 Å². The summed E-state index contributed by atoms with van der Waals surface area (Å²) in [5.74, 6) is 0. The first-order chi connectivity index (χ1) is 6.58. The van der Waals surface area contributed by atoms with Gasteiger partial charge in [0.2, 0.25) is 0 Å². The third-order valence-corrected chi connectivity index (χ3v) is 1.90. The van der Waals surface area contributed by atoms with E-state index in [1.54, 1.807) is 6.08 Å². The fourth-order valence-corrected chi connectivity index (χ4v) is 1.15. The van der Waals surface area contributed by atoms with Gasteiger partial charge in [0.25, 0.3) is 0 Å². The van der Waals surface area contributed by atoms with E-state index in [-0.39, 0.29) is 26.1 Å². The van der Waals surface area contributed by atoms with Crippen molar-refractivity contribution in [3.8, 4) is 0 Å². The molecule has 0 aliphatic rings. The molecule has 0 heterocycles. The third kappa shape index (κ3) is 7.60. The zero-order valence-electron chi connectivity index (χ0n) is 8.04. The van der Waals surface area contributed by atoms with E-state index in [2.05, 4.69) is 4.52 Å². The zero-order valence-corrected chi connectivity index (χ0v) is 11.9. The molecule has 1 aromatic rings. The Morgan fingerprint density at radius 2 is 1.87 bits per heavy atom. The molecule has 0 aliphatic carbocycles. The van der Waals surface area contributed by atoms with Crippen molar-refractivity contribution in [3.05, 3.63) is 42.0 Å². The average Bonchev–Trinajstić information content (AvgIpc) is 2.13. The molecule has 1 aromatic carbocycles. The fraction of sp³-hybridized carbons (Fsp3) is 0.111. The van der Waals surface area contributed by atoms with Crippen LogP contribution in [0.3, 0.4) is 0 Å². The Kier molecular flexibility index (Phi) is 6.90. The number of benzene rings is 1. The van der Waals surface area contributed by atoms with Crippen LogP contribution in [0.4, 0.5) is 0 Å². The topological polar surface area (TPSA) is 72.4 Å². The number of rotatable bonds is 4. The summed E-state index contributed by atoms with van der Waals surface area (Å²) in [6.07, 6.45) is 3.15. The van der Waals surface area contributed by atoms with Crippen LogP contribution >= 0.6 is 7.82 Å². The first-order valence-electron chi connectivity index (χ1n) is 3.96. The van der Waals surface area contributed by atoms with Crippen molar-refractivity contribution in [3.63, 3.8) is 0 Å². The summed E-state index contributed by atoms with van der Waals surface area (Å²) >= 11 is 0. The van der Waals surface area contributed by atoms with Gasteiger partial charge in [-0.1, -0.05) is 42.5 Å². The van der Waals surface area contributed by atoms with E-state index in [9.17, 15) is 14.4 Å². The van der Waals surface area contributed by atoms with Crippen LogP contribution in [0.1, 0.15) is 5.56 Å². The van der Waals surface area contributed by atoms with E-state index in [0.29, 0.717) is 0 Å². The van der Waals surface area contributed by atoms with Crippen molar-refractivity contribution in [2.24, 2.45) is 0 Å². The Morgan fingerprint density at radius 1 is 1.27 bits per heavy atom. The maximum Gasteiger partial charge on any atom is 2.00 e. The van der Waals surface area contributed by atoms with Crippen LogP contribution in [0.25, 0.3) is 6.08 Å². The van der Waals surface area contributed by atoms with Gasteiger partial charge in [-0.2, -0.15) is 0 Å². The predicted octanol–water partition coefficient (Wildman–Crippen LogP) is 0.543. The predicted molar refractivity (Wildman–Crippen MR) is 49.0 cm³/mol. The van der Waals surface area contributed by atoms with Crippen molar-refractivity contribution in [1.29, 1.82) is 0 Å². The molecule has 0 aliphatic heterocycles. The molecule has 0 spiro atoms. The standard InChI is InChI=1S/C9H11O4P.Zn/c10-14(11,12)13-8-4-7-9-5-2-1-3-6-9;/h1-7H,8H2,(H2,10,11,12);/q;+2/p-2. The molecule has 0 fully saturated rings. The quantitative estimate of drug-likeness (QED) is 0.595. The molecule has 1 rings (SSSR count). The summed E-state index contributed by atoms with van der Waals surface area (Å²) < 4.78 is 14.1.